The fourth-order valence-electron chi connectivity index (χ4n) is 5.09. The molecule has 4 heteroatoms. The summed E-state index contributed by atoms with van der Waals surface area (Å²) in [7, 11) is 0. The number of hydrogen-bond donors (Lipinski definition) is 1. The summed E-state index contributed by atoms with van der Waals surface area (Å²) in [6.07, 6.45) is 6.59. The van der Waals surface area contributed by atoms with Crippen molar-refractivity contribution in [3.63, 3.8) is 0 Å². The van der Waals surface area contributed by atoms with E-state index < -0.39 is 5.97 Å². The lowest BCUT2D eigenvalue weighted by Gasteiger charge is -2.53. The van der Waals surface area contributed by atoms with Crippen molar-refractivity contribution in [2.45, 2.75) is 44.9 Å². The minimum absolute atomic E-state index is 0.101. The molecule has 1 aromatic heterocycles. The Morgan fingerprint density at radius 3 is 2.21 bits per heavy atom. The van der Waals surface area contributed by atoms with E-state index in [9.17, 15) is 4.79 Å². The van der Waals surface area contributed by atoms with Crippen LogP contribution in [0.15, 0.2) is 4.42 Å². The molecule has 0 amide bonds. The first-order chi connectivity index (χ1) is 9.11. The van der Waals surface area contributed by atoms with E-state index in [4.69, 9.17) is 9.52 Å². The quantitative estimate of drug-likeness (QED) is 0.887. The first-order valence-corrected chi connectivity index (χ1v) is 7.32. The Labute approximate surface area is 112 Å². The van der Waals surface area contributed by atoms with Crippen molar-refractivity contribution >= 4 is 5.97 Å². The van der Waals surface area contributed by atoms with Crippen LogP contribution in [-0.2, 0) is 0 Å². The van der Waals surface area contributed by atoms with Gasteiger partial charge in [0.15, 0.2) is 11.6 Å². The molecule has 0 saturated heterocycles. The van der Waals surface area contributed by atoms with E-state index in [1.807, 2.05) is 0 Å². The van der Waals surface area contributed by atoms with E-state index in [1.165, 1.54) is 32.1 Å². The lowest BCUT2D eigenvalue weighted by atomic mass is 9.52. The molecule has 1 heterocycles. The highest BCUT2D eigenvalue weighted by molar-refractivity contribution is 5.86. The van der Waals surface area contributed by atoms with Gasteiger partial charge < -0.3 is 9.52 Å². The molecule has 4 fully saturated rings. The van der Waals surface area contributed by atoms with Gasteiger partial charge in [-0.25, -0.2) is 9.78 Å². The van der Waals surface area contributed by atoms with Crippen molar-refractivity contribution in [1.82, 2.24) is 4.98 Å². The highest BCUT2D eigenvalue weighted by Gasteiger charge is 2.50. The number of aromatic nitrogens is 1. The number of carboxylic acid groups (broad SMARTS) is 1. The Balaban J connectivity index is 1.69. The first-order valence-electron chi connectivity index (χ1n) is 7.32. The molecule has 0 unspecified atom stereocenters. The van der Waals surface area contributed by atoms with Gasteiger partial charge in [-0.3, -0.25) is 0 Å². The average Bonchev–Trinajstić information content (AvgIpc) is 2.69. The van der Waals surface area contributed by atoms with Crippen LogP contribution in [0.5, 0.6) is 0 Å². The Morgan fingerprint density at radius 2 is 1.74 bits per heavy atom. The zero-order valence-corrected chi connectivity index (χ0v) is 11.1. The standard InChI is InChI=1S/C15H19NO3/c1-7-13(15(17)18)16-14(19-7)12-10-3-8-2-9(5-10)6-11(12)4-8/h8-12H,2-6H2,1H3,(H,17,18). The molecule has 4 aliphatic carbocycles. The van der Waals surface area contributed by atoms with E-state index >= 15 is 0 Å². The summed E-state index contributed by atoms with van der Waals surface area (Å²) < 4.78 is 5.71. The lowest BCUT2D eigenvalue weighted by Crippen LogP contribution is -2.43. The fourth-order valence-corrected chi connectivity index (χ4v) is 5.09. The maximum Gasteiger partial charge on any atom is 0.358 e. The molecule has 4 nitrogen and oxygen atoms in total. The molecule has 0 atom stereocenters. The van der Waals surface area contributed by atoms with Crippen molar-refractivity contribution in [3.8, 4) is 0 Å². The molecule has 102 valence electrons. The third-order valence-electron chi connectivity index (χ3n) is 5.53. The van der Waals surface area contributed by atoms with Gasteiger partial charge >= 0.3 is 5.97 Å². The van der Waals surface area contributed by atoms with Crippen molar-refractivity contribution in [3.05, 3.63) is 17.3 Å². The van der Waals surface area contributed by atoms with Gasteiger partial charge in [-0.2, -0.15) is 0 Å². The minimum atomic E-state index is -0.976. The van der Waals surface area contributed by atoms with Crippen LogP contribution in [0.25, 0.3) is 0 Å². The van der Waals surface area contributed by atoms with Gasteiger partial charge in [0, 0.05) is 5.92 Å². The molecule has 0 radical (unpaired) electrons. The summed E-state index contributed by atoms with van der Waals surface area (Å²) in [5.41, 5.74) is 0.101. The number of hydrogen-bond acceptors (Lipinski definition) is 3. The van der Waals surface area contributed by atoms with Crippen molar-refractivity contribution < 1.29 is 14.3 Å². The third kappa shape index (κ3) is 1.65. The van der Waals surface area contributed by atoms with E-state index in [0.717, 1.165) is 11.8 Å². The Morgan fingerprint density at radius 1 is 1.16 bits per heavy atom. The van der Waals surface area contributed by atoms with Gasteiger partial charge in [0.1, 0.15) is 5.76 Å². The van der Waals surface area contributed by atoms with Crippen LogP contribution in [0, 0.1) is 30.6 Å². The second kappa shape index (κ2) is 3.84. The predicted molar refractivity (Wildman–Crippen MR) is 68.0 cm³/mol. The number of nitrogens with zero attached hydrogens (tertiary/aromatic N) is 1. The van der Waals surface area contributed by atoms with Gasteiger partial charge in [-0.15, -0.1) is 0 Å². The van der Waals surface area contributed by atoms with Gasteiger partial charge in [0.2, 0.25) is 0 Å². The topological polar surface area (TPSA) is 63.3 Å². The number of carbonyl (C=O) groups is 1. The van der Waals surface area contributed by atoms with Crippen LogP contribution in [0.4, 0.5) is 0 Å². The number of oxazole rings is 1. The van der Waals surface area contributed by atoms with Crippen LogP contribution in [-0.4, -0.2) is 16.1 Å². The first kappa shape index (κ1) is 11.5. The zero-order chi connectivity index (χ0) is 13.1. The summed E-state index contributed by atoms with van der Waals surface area (Å²) in [5, 5.41) is 9.11. The van der Waals surface area contributed by atoms with E-state index in [0.29, 0.717) is 29.4 Å². The molecular weight excluding hydrogens is 242 g/mol. The van der Waals surface area contributed by atoms with Gasteiger partial charge in [-0.1, -0.05) is 0 Å². The maximum absolute atomic E-state index is 11.1. The molecule has 4 saturated carbocycles. The smallest absolute Gasteiger partial charge is 0.358 e. The van der Waals surface area contributed by atoms with Crippen molar-refractivity contribution in [2.75, 3.05) is 0 Å². The van der Waals surface area contributed by atoms with Gasteiger partial charge in [0.05, 0.1) is 0 Å². The molecule has 1 N–H and O–H groups in total. The van der Waals surface area contributed by atoms with Crippen LogP contribution < -0.4 is 0 Å². The van der Waals surface area contributed by atoms with Crippen LogP contribution >= 0.6 is 0 Å². The third-order valence-corrected chi connectivity index (χ3v) is 5.53. The molecule has 1 aromatic rings. The van der Waals surface area contributed by atoms with Gasteiger partial charge in [0.25, 0.3) is 0 Å². The number of carboxylic acids is 1. The molecule has 5 rings (SSSR count). The summed E-state index contributed by atoms with van der Waals surface area (Å²) in [6.45, 7) is 1.70. The van der Waals surface area contributed by atoms with Crippen LogP contribution in [0.2, 0.25) is 0 Å². The molecular formula is C15H19NO3. The van der Waals surface area contributed by atoms with Crippen molar-refractivity contribution in [1.29, 1.82) is 0 Å². The molecule has 0 aliphatic heterocycles. The molecule has 0 aromatic carbocycles. The fraction of sp³-hybridized carbons (Fsp3) is 0.733. The Bertz CT molecular complexity index is 505. The Kier molecular flexibility index (Phi) is 2.32. The van der Waals surface area contributed by atoms with Crippen molar-refractivity contribution in [2.24, 2.45) is 23.7 Å². The molecule has 4 bridgehead atoms. The number of aromatic carboxylic acids is 1. The summed E-state index contributed by atoms with van der Waals surface area (Å²) in [4.78, 5) is 15.4. The normalized spacial score (nSPS) is 39.7. The average molecular weight is 261 g/mol. The van der Waals surface area contributed by atoms with Crippen LogP contribution in [0.1, 0.15) is 60.2 Å². The summed E-state index contributed by atoms with van der Waals surface area (Å²) >= 11 is 0. The SMILES string of the molecule is Cc1oc(C2C3CC4CC(C3)CC2C4)nc1C(=O)O. The van der Waals surface area contributed by atoms with E-state index in [-0.39, 0.29) is 5.69 Å². The highest BCUT2D eigenvalue weighted by Crippen LogP contribution is 2.59. The summed E-state index contributed by atoms with van der Waals surface area (Å²) in [5.74, 6) is 3.73. The minimum Gasteiger partial charge on any atom is -0.476 e. The lowest BCUT2D eigenvalue weighted by molar-refractivity contribution is -0.0116. The number of aryl methyl sites for hydroxylation is 1. The molecule has 19 heavy (non-hydrogen) atoms. The molecule has 0 spiro atoms. The number of rotatable bonds is 2. The van der Waals surface area contributed by atoms with E-state index in [1.54, 1.807) is 6.92 Å². The second-order valence-corrected chi connectivity index (χ2v) is 6.72. The predicted octanol–water partition coefficient (Wildman–Crippen LogP) is 3.22. The maximum atomic E-state index is 11.1. The largest absolute Gasteiger partial charge is 0.476 e. The van der Waals surface area contributed by atoms with Gasteiger partial charge in [-0.05, 0) is 62.7 Å². The van der Waals surface area contributed by atoms with E-state index in [2.05, 4.69) is 4.98 Å². The monoisotopic (exact) mass is 261 g/mol. The highest BCUT2D eigenvalue weighted by atomic mass is 16.4. The zero-order valence-electron chi connectivity index (χ0n) is 11.1. The van der Waals surface area contributed by atoms with Crippen LogP contribution in [0.3, 0.4) is 0 Å². The Hall–Kier alpha value is -1.32. The molecule has 4 aliphatic rings. The summed E-state index contributed by atoms with van der Waals surface area (Å²) in [6, 6.07) is 0. The second-order valence-electron chi connectivity index (χ2n) is 6.72.